The molecular weight excluding hydrogens is 265 g/mol. The van der Waals surface area contributed by atoms with Crippen molar-refractivity contribution in [2.24, 2.45) is 0 Å². The van der Waals surface area contributed by atoms with Gasteiger partial charge in [-0.3, -0.25) is 0 Å². The lowest BCUT2D eigenvalue weighted by Crippen LogP contribution is -2.29. The van der Waals surface area contributed by atoms with Crippen LogP contribution >= 0.6 is 11.6 Å². The number of benzene rings is 1. The van der Waals surface area contributed by atoms with E-state index in [4.69, 9.17) is 11.6 Å². The predicted molar refractivity (Wildman–Crippen MR) is 66.1 cm³/mol. The quantitative estimate of drug-likeness (QED) is 0.894. The molecule has 1 saturated heterocycles. The molecule has 18 heavy (non-hydrogen) atoms. The molecule has 1 N–H and O–H groups in total. The van der Waals surface area contributed by atoms with Gasteiger partial charge in [0.25, 0.3) is 0 Å². The van der Waals surface area contributed by atoms with Gasteiger partial charge in [0.2, 0.25) is 0 Å². The van der Waals surface area contributed by atoms with Gasteiger partial charge in [-0.05, 0) is 31.7 Å². The molecule has 1 heterocycles. The normalized spacial score (nSPS) is 20.5. The highest BCUT2D eigenvalue weighted by molar-refractivity contribution is 6.33. The molecule has 1 aromatic rings. The number of nitrogens with one attached hydrogen (secondary N) is 1. The molecule has 0 aliphatic carbocycles. The first-order valence-corrected chi connectivity index (χ1v) is 6.08. The van der Waals surface area contributed by atoms with Crippen LogP contribution in [-0.2, 0) is 6.18 Å². The highest BCUT2D eigenvalue weighted by atomic mass is 35.5. The topological polar surface area (TPSA) is 15.3 Å². The molecule has 0 spiro atoms. The maximum Gasteiger partial charge on any atom is 0.416 e. The van der Waals surface area contributed by atoms with Crippen molar-refractivity contribution in [2.75, 3.05) is 25.0 Å². The fourth-order valence-corrected chi connectivity index (χ4v) is 2.38. The molecule has 1 atom stereocenters. The zero-order valence-corrected chi connectivity index (χ0v) is 10.6. The Kier molecular flexibility index (Phi) is 3.73. The van der Waals surface area contributed by atoms with Crippen molar-refractivity contribution in [1.82, 2.24) is 5.32 Å². The summed E-state index contributed by atoms with van der Waals surface area (Å²) in [5, 5.41) is 3.48. The number of anilines is 1. The molecule has 0 saturated carbocycles. The maximum absolute atomic E-state index is 12.7. The molecule has 2 rings (SSSR count). The molecule has 1 unspecified atom stereocenters. The van der Waals surface area contributed by atoms with Gasteiger partial charge in [-0.25, -0.2) is 0 Å². The highest BCUT2D eigenvalue weighted by Crippen LogP contribution is 2.36. The number of nitrogens with zero attached hydrogens (tertiary/aromatic N) is 1. The third kappa shape index (κ3) is 2.72. The van der Waals surface area contributed by atoms with E-state index in [1.165, 1.54) is 6.07 Å². The van der Waals surface area contributed by atoms with Crippen molar-refractivity contribution in [1.29, 1.82) is 0 Å². The summed E-state index contributed by atoms with van der Waals surface area (Å²) in [4.78, 5) is 1.89. The van der Waals surface area contributed by atoms with E-state index in [2.05, 4.69) is 5.32 Å². The molecular formula is C12H14ClF3N2. The van der Waals surface area contributed by atoms with Crippen LogP contribution in [0.3, 0.4) is 0 Å². The lowest BCUT2D eigenvalue weighted by molar-refractivity contribution is -0.137. The van der Waals surface area contributed by atoms with Gasteiger partial charge in [0.05, 0.1) is 16.3 Å². The Morgan fingerprint density at radius 2 is 2.11 bits per heavy atom. The smallest absolute Gasteiger partial charge is 0.369 e. The second kappa shape index (κ2) is 4.97. The van der Waals surface area contributed by atoms with Crippen molar-refractivity contribution in [3.8, 4) is 0 Å². The average molecular weight is 279 g/mol. The number of likely N-dealkylation sites (N-methyl/N-ethyl adjacent to an activating group) is 1. The molecule has 1 fully saturated rings. The third-order valence-electron chi connectivity index (χ3n) is 3.21. The van der Waals surface area contributed by atoms with E-state index in [-0.39, 0.29) is 0 Å². The predicted octanol–water partition coefficient (Wildman–Crippen LogP) is 3.16. The second-order valence-electron chi connectivity index (χ2n) is 4.38. The Balaban J connectivity index is 2.27. The third-order valence-corrected chi connectivity index (χ3v) is 3.53. The van der Waals surface area contributed by atoms with Crippen LogP contribution in [-0.4, -0.2) is 26.2 Å². The van der Waals surface area contributed by atoms with Gasteiger partial charge in [-0.1, -0.05) is 11.6 Å². The molecule has 0 bridgehead atoms. The van der Waals surface area contributed by atoms with Crippen molar-refractivity contribution < 1.29 is 13.2 Å². The van der Waals surface area contributed by atoms with E-state index in [0.717, 1.165) is 18.6 Å². The first kappa shape index (κ1) is 13.5. The number of alkyl halides is 3. The fourth-order valence-electron chi connectivity index (χ4n) is 2.15. The summed E-state index contributed by atoms with van der Waals surface area (Å²) in [6.45, 7) is 1.39. The minimum atomic E-state index is -4.33. The van der Waals surface area contributed by atoms with Crippen molar-refractivity contribution in [3.05, 3.63) is 28.8 Å². The van der Waals surface area contributed by atoms with Gasteiger partial charge < -0.3 is 10.2 Å². The summed E-state index contributed by atoms with van der Waals surface area (Å²) in [6, 6.07) is 3.75. The minimum Gasteiger partial charge on any atom is -0.369 e. The SMILES string of the molecule is CNC1CCN(c2cc(C(F)(F)F)ccc2Cl)C1. The first-order valence-electron chi connectivity index (χ1n) is 5.71. The van der Waals surface area contributed by atoms with E-state index >= 15 is 0 Å². The molecule has 2 nitrogen and oxygen atoms in total. The molecule has 0 aromatic heterocycles. The Morgan fingerprint density at radius 3 is 2.67 bits per heavy atom. The molecule has 100 valence electrons. The fraction of sp³-hybridized carbons (Fsp3) is 0.500. The van der Waals surface area contributed by atoms with Gasteiger partial charge >= 0.3 is 6.18 Å². The molecule has 1 aliphatic rings. The van der Waals surface area contributed by atoms with E-state index in [1.807, 2.05) is 11.9 Å². The van der Waals surface area contributed by atoms with Crippen LogP contribution in [0.15, 0.2) is 18.2 Å². The van der Waals surface area contributed by atoms with E-state index < -0.39 is 11.7 Å². The number of rotatable bonds is 2. The summed E-state index contributed by atoms with van der Waals surface area (Å²) < 4.78 is 38.0. The number of hydrogen-bond acceptors (Lipinski definition) is 2. The van der Waals surface area contributed by atoms with Gasteiger partial charge in [-0.15, -0.1) is 0 Å². The van der Waals surface area contributed by atoms with E-state index in [9.17, 15) is 13.2 Å². The number of hydrogen-bond donors (Lipinski definition) is 1. The van der Waals surface area contributed by atoms with Gasteiger partial charge in [0, 0.05) is 19.1 Å². The van der Waals surface area contributed by atoms with Crippen LogP contribution < -0.4 is 10.2 Å². The van der Waals surface area contributed by atoms with Crippen LogP contribution in [0.25, 0.3) is 0 Å². The summed E-state index contributed by atoms with van der Waals surface area (Å²) in [6.07, 6.45) is -3.43. The van der Waals surface area contributed by atoms with Crippen LogP contribution in [0.2, 0.25) is 5.02 Å². The van der Waals surface area contributed by atoms with Crippen molar-refractivity contribution in [3.63, 3.8) is 0 Å². The van der Waals surface area contributed by atoms with Crippen molar-refractivity contribution >= 4 is 17.3 Å². The van der Waals surface area contributed by atoms with Gasteiger partial charge in [0.1, 0.15) is 0 Å². The molecule has 0 amide bonds. The maximum atomic E-state index is 12.7. The average Bonchev–Trinajstić information content (AvgIpc) is 2.76. The van der Waals surface area contributed by atoms with Gasteiger partial charge in [-0.2, -0.15) is 13.2 Å². The lowest BCUT2D eigenvalue weighted by Gasteiger charge is -2.21. The van der Waals surface area contributed by atoms with Crippen LogP contribution in [0, 0.1) is 0 Å². The summed E-state index contributed by atoms with van der Waals surface area (Å²) in [7, 11) is 1.85. The summed E-state index contributed by atoms with van der Waals surface area (Å²) in [5.41, 5.74) is -0.195. The molecule has 1 aliphatic heterocycles. The Bertz CT molecular complexity index is 434. The first-order chi connectivity index (χ1) is 8.41. The highest BCUT2D eigenvalue weighted by Gasteiger charge is 2.32. The lowest BCUT2D eigenvalue weighted by atomic mass is 10.2. The molecule has 6 heteroatoms. The van der Waals surface area contributed by atoms with E-state index in [1.54, 1.807) is 0 Å². The largest absolute Gasteiger partial charge is 0.416 e. The monoisotopic (exact) mass is 278 g/mol. The zero-order chi connectivity index (χ0) is 13.3. The second-order valence-corrected chi connectivity index (χ2v) is 4.79. The summed E-state index contributed by atoms with van der Waals surface area (Å²) >= 11 is 5.99. The van der Waals surface area contributed by atoms with Crippen molar-refractivity contribution in [2.45, 2.75) is 18.6 Å². The standard InChI is InChI=1S/C12H14ClF3N2/c1-17-9-4-5-18(7-9)11-6-8(12(14,15)16)2-3-10(11)13/h2-3,6,9,17H,4-5,7H2,1H3. The van der Waals surface area contributed by atoms with Crippen LogP contribution in [0.1, 0.15) is 12.0 Å². The summed E-state index contributed by atoms with van der Waals surface area (Å²) in [5.74, 6) is 0. The Hall–Kier alpha value is -0.940. The zero-order valence-electron chi connectivity index (χ0n) is 9.89. The van der Waals surface area contributed by atoms with Crippen LogP contribution in [0.5, 0.6) is 0 Å². The minimum absolute atomic E-state index is 0.301. The molecule has 1 aromatic carbocycles. The van der Waals surface area contributed by atoms with E-state index in [0.29, 0.717) is 29.8 Å². The Labute approximate surface area is 109 Å². The van der Waals surface area contributed by atoms with Crippen LogP contribution in [0.4, 0.5) is 18.9 Å². The van der Waals surface area contributed by atoms with Gasteiger partial charge in [0.15, 0.2) is 0 Å². The Morgan fingerprint density at radius 1 is 1.39 bits per heavy atom. The number of halogens is 4. The molecule has 0 radical (unpaired) electrons.